The van der Waals surface area contributed by atoms with Crippen molar-refractivity contribution in [2.24, 2.45) is 0 Å². The van der Waals surface area contributed by atoms with Crippen molar-refractivity contribution < 1.29 is 13.9 Å². The molecule has 0 spiro atoms. The Labute approximate surface area is 125 Å². The van der Waals surface area contributed by atoms with Crippen LogP contribution in [-0.2, 0) is 9.53 Å². The summed E-state index contributed by atoms with van der Waals surface area (Å²) in [6.07, 6.45) is 7.52. The van der Waals surface area contributed by atoms with E-state index in [9.17, 15) is 4.79 Å². The topological polar surface area (TPSA) is 45.9 Å². The monoisotopic (exact) mass is 290 g/mol. The Morgan fingerprint density at radius 2 is 2.14 bits per heavy atom. The van der Waals surface area contributed by atoms with Gasteiger partial charge in [-0.25, -0.2) is 0 Å². The second kappa shape index (κ2) is 6.45. The summed E-state index contributed by atoms with van der Waals surface area (Å²) < 4.78 is 10.6. The van der Waals surface area contributed by atoms with Crippen LogP contribution in [-0.4, -0.2) is 61.1 Å². The van der Waals surface area contributed by atoms with E-state index >= 15 is 0 Å². The highest BCUT2D eigenvalue weighted by Gasteiger charge is 2.35. The van der Waals surface area contributed by atoms with Gasteiger partial charge in [0, 0.05) is 45.4 Å². The highest BCUT2D eigenvalue weighted by molar-refractivity contribution is 5.92. The Kier molecular flexibility index (Phi) is 4.41. The lowest BCUT2D eigenvalue weighted by molar-refractivity contribution is -0.134. The maximum atomic E-state index is 12.0. The molecule has 2 saturated heterocycles. The number of hydrogen-bond acceptors (Lipinski definition) is 4. The molecule has 1 amide bonds. The lowest BCUT2D eigenvalue weighted by Gasteiger charge is -2.47. The largest absolute Gasteiger partial charge is 0.465 e. The van der Waals surface area contributed by atoms with E-state index in [0.717, 1.165) is 39.0 Å². The van der Waals surface area contributed by atoms with Gasteiger partial charge in [-0.05, 0) is 31.1 Å². The molecule has 21 heavy (non-hydrogen) atoms. The molecule has 114 valence electrons. The quantitative estimate of drug-likeness (QED) is 0.791. The fourth-order valence-corrected chi connectivity index (χ4v) is 2.99. The van der Waals surface area contributed by atoms with Gasteiger partial charge in [0.1, 0.15) is 5.76 Å². The first-order chi connectivity index (χ1) is 10.3. The van der Waals surface area contributed by atoms with Crippen LogP contribution in [0.5, 0.6) is 0 Å². The molecular formula is C16H22N2O3. The second-order valence-electron chi connectivity index (χ2n) is 5.72. The number of nitrogens with zero attached hydrogens (tertiary/aromatic N) is 2. The first-order valence-corrected chi connectivity index (χ1v) is 7.53. The summed E-state index contributed by atoms with van der Waals surface area (Å²) in [4.78, 5) is 16.4. The van der Waals surface area contributed by atoms with Crippen molar-refractivity contribution in [1.29, 1.82) is 0 Å². The maximum Gasteiger partial charge on any atom is 0.246 e. The highest BCUT2D eigenvalue weighted by Crippen LogP contribution is 2.21. The third kappa shape index (κ3) is 3.36. The Bertz CT molecular complexity index is 484. The van der Waals surface area contributed by atoms with Crippen molar-refractivity contribution in [2.45, 2.75) is 25.0 Å². The number of methoxy groups -OCH3 is 1. The predicted molar refractivity (Wildman–Crippen MR) is 79.7 cm³/mol. The highest BCUT2D eigenvalue weighted by atomic mass is 16.5. The predicted octanol–water partition coefficient (Wildman–Crippen LogP) is 1.61. The number of ether oxygens (including phenoxy) is 1. The van der Waals surface area contributed by atoms with Crippen molar-refractivity contribution in [1.82, 2.24) is 9.80 Å². The molecule has 2 aliphatic rings. The molecule has 2 aliphatic heterocycles. The normalized spacial score (nSPS) is 21.9. The zero-order valence-corrected chi connectivity index (χ0v) is 12.4. The Morgan fingerprint density at radius 3 is 2.76 bits per heavy atom. The van der Waals surface area contributed by atoms with Gasteiger partial charge in [-0.2, -0.15) is 0 Å². The lowest BCUT2D eigenvalue weighted by atomic mass is 10.0. The molecule has 0 atom stereocenters. The molecule has 3 heterocycles. The van der Waals surface area contributed by atoms with E-state index in [4.69, 9.17) is 9.15 Å². The summed E-state index contributed by atoms with van der Waals surface area (Å²) in [6, 6.07) is 4.17. The van der Waals surface area contributed by atoms with Crippen LogP contribution < -0.4 is 0 Å². The summed E-state index contributed by atoms with van der Waals surface area (Å²) in [7, 11) is 1.79. The summed E-state index contributed by atoms with van der Waals surface area (Å²) in [5, 5.41) is 0. The number of likely N-dealkylation sites (tertiary alicyclic amines) is 2. The van der Waals surface area contributed by atoms with Crippen molar-refractivity contribution >= 4 is 12.0 Å². The molecule has 0 saturated carbocycles. The van der Waals surface area contributed by atoms with Crippen LogP contribution in [0.2, 0.25) is 0 Å². The summed E-state index contributed by atoms with van der Waals surface area (Å²) in [6.45, 7) is 3.82. The van der Waals surface area contributed by atoms with Gasteiger partial charge >= 0.3 is 0 Å². The molecule has 1 aromatic heterocycles. The summed E-state index contributed by atoms with van der Waals surface area (Å²) in [5.41, 5.74) is 0. The number of amides is 1. The van der Waals surface area contributed by atoms with Crippen LogP contribution in [0, 0.1) is 0 Å². The fraction of sp³-hybridized carbons (Fsp3) is 0.562. The Morgan fingerprint density at radius 1 is 1.38 bits per heavy atom. The van der Waals surface area contributed by atoms with Crippen LogP contribution in [0.4, 0.5) is 0 Å². The van der Waals surface area contributed by atoms with E-state index in [0.29, 0.717) is 17.9 Å². The Hall–Kier alpha value is -1.59. The lowest BCUT2D eigenvalue weighted by Crippen LogP contribution is -2.62. The fourth-order valence-electron chi connectivity index (χ4n) is 2.99. The van der Waals surface area contributed by atoms with E-state index in [-0.39, 0.29) is 5.91 Å². The number of carbonyl (C=O) groups is 1. The van der Waals surface area contributed by atoms with Crippen LogP contribution in [0.1, 0.15) is 18.6 Å². The second-order valence-corrected chi connectivity index (χ2v) is 5.72. The maximum absolute atomic E-state index is 12.0. The molecule has 0 radical (unpaired) electrons. The van der Waals surface area contributed by atoms with Gasteiger partial charge in [-0.3, -0.25) is 9.69 Å². The van der Waals surface area contributed by atoms with E-state index in [1.165, 1.54) is 0 Å². The minimum absolute atomic E-state index is 0.0643. The zero-order valence-electron chi connectivity index (χ0n) is 12.4. The number of hydrogen-bond donors (Lipinski definition) is 0. The molecule has 0 unspecified atom stereocenters. The third-order valence-electron chi connectivity index (χ3n) is 4.43. The smallest absolute Gasteiger partial charge is 0.246 e. The van der Waals surface area contributed by atoms with Gasteiger partial charge in [0.05, 0.1) is 12.4 Å². The standard InChI is InChI=1S/C16H22N2O3/c1-20-14-6-8-17(9-7-14)13-11-18(12-13)16(19)5-4-15-3-2-10-21-15/h2-5,10,13-14H,6-9,11-12H2,1H3. The average molecular weight is 290 g/mol. The van der Waals surface area contributed by atoms with E-state index in [1.54, 1.807) is 25.5 Å². The van der Waals surface area contributed by atoms with E-state index in [2.05, 4.69) is 4.90 Å². The van der Waals surface area contributed by atoms with Crippen LogP contribution >= 0.6 is 0 Å². The van der Waals surface area contributed by atoms with Gasteiger partial charge in [-0.15, -0.1) is 0 Å². The molecule has 5 nitrogen and oxygen atoms in total. The van der Waals surface area contributed by atoms with Crippen LogP contribution in [0.3, 0.4) is 0 Å². The molecule has 2 fully saturated rings. The molecule has 0 aliphatic carbocycles. The van der Waals surface area contributed by atoms with E-state index in [1.807, 2.05) is 17.0 Å². The van der Waals surface area contributed by atoms with Crippen LogP contribution in [0.15, 0.2) is 28.9 Å². The van der Waals surface area contributed by atoms with Gasteiger partial charge in [-0.1, -0.05) is 0 Å². The molecule has 3 rings (SSSR count). The van der Waals surface area contributed by atoms with Gasteiger partial charge < -0.3 is 14.1 Å². The first kappa shape index (κ1) is 14.4. The first-order valence-electron chi connectivity index (χ1n) is 7.53. The number of carbonyl (C=O) groups excluding carboxylic acids is 1. The molecule has 0 bridgehead atoms. The number of furan rings is 1. The average Bonchev–Trinajstić information content (AvgIpc) is 2.97. The van der Waals surface area contributed by atoms with E-state index < -0.39 is 0 Å². The van der Waals surface area contributed by atoms with Crippen molar-refractivity contribution in [3.63, 3.8) is 0 Å². The SMILES string of the molecule is COC1CCN(C2CN(C(=O)C=Cc3ccco3)C2)CC1. The number of rotatable bonds is 4. The Balaban J connectivity index is 1.42. The third-order valence-corrected chi connectivity index (χ3v) is 4.43. The molecule has 1 aromatic rings. The minimum atomic E-state index is 0.0643. The summed E-state index contributed by atoms with van der Waals surface area (Å²) >= 11 is 0. The molecule has 0 N–H and O–H groups in total. The summed E-state index contributed by atoms with van der Waals surface area (Å²) in [5.74, 6) is 0.775. The molecular weight excluding hydrogens is 268 g/mol. The molecule has 5 heteroatoms. The van der Waals surface area contributed by atoms with Crippen molar-refractivity contribution in [3.8, 4) is 0 Å². The zero-order chi connectivity index (χ0) is 14.7. The van der Waals surface area contributed by atoms with Crippen molar-refractivity contribution in [2.75, 3.05) is 33.3 Å². The van der Waals surface area contributed by atoms with Crippen molar-refractivity contribution in [3.05, 3.63) is 30.2 Å². The minimum Gasteiger partial charge on any atom is -0.465 e. The van der Waals surface area contributed by atoms with Gasteiger partial charge in [0.2, 0.25) is 5.91 Å². The van der Waals surface area contributed by atoms with Crippen LogP contribution in [0.25, 0.3) is 6.08 Å². The van der Waals surface area contributed by atoms with Gasteiger partial charge in [0.15, 0.2) is 0 Å². The molecule has 0 aromatic carbocycles. The van der Waals surface area contributed by atoms with Gasteiger partial charge in [0.25, 0.3) is 0 Å². The number of piperidine rings is 1.